The fourth-order valence-corrected chi connectivity index (χ4v) is 2.78. The Morgan fingerprint density at radius 2 is 1.75 bits per heavy atom. The van der Waals surface area contributed by atoms with Crippen LogP contribution in [0.5, 0.6) is 11.5 Å². The Morgan fingerprint density at radius 1 is 1.00 bits per heavy atom. The van der Waals surface area contributed by atoms with Gasteiger partial charge in [0, 0.05) is 18.2 Å². The Balaban J connectivity index is 1.49. The second kappa shape index (κ2) is 11.3. The number of para-hydroxylation sites is 2. The minimum Gasteiger partial charge on any atom is -0.496 e. The summed E-state index contributed by atoms with van der Waals surface area (Å²) < 4.78 is 16.9. The van der Waals surface area contributed by atoms with Gasteiger partial charge in [0.25, 0.3) is 11.5 Å². The molecule has 1 N–H and O–H groups in total. The molecule has 9 nitrogen and oxygen atoms in total. The van der Waals surface area contributed by atoms with Gasteiger partial charge in [-0.3, -0.25) is 9.59 Å². The monoisotopic (exact) mass is 437 g/mol. The van der Waals surface area contributed by atoms with E-state index >= 15 is 0 Å². The summed E-state index contributed by atoms with van der Waals surface area (Å²) in [4.78, 5) is 36.3. The number of amides is 1. The molecule has 0 unspecified atom stereocenters. The minimum atomic E-state index is -0.810. The number of ether oxygens (including phenoxy) is 3. The lowest BCUT2D eigenvalue weighted by atomic mass is 10.2. The topological polar surface area (TPSA) is 109 Å². The number of carbonyl (C=O) groups is 2. The predicted octanol–water partition coefficient (Wildman–Crippen LogP) is 1.80. The van der Waals surface area contributed by atoms with Gasteiger partial charge in [0.1, 0.15) is 18.1 Å². The van der Waals surface area contributed by atoms with Gasteiger partial charge in [-0.1, -0.05) is 36.4 Å². The van der Waals surface area contributed by atoms with E-state index < -0.39 is 18.5 Å². The lowest BCUT2D eigenvalue weighted by Crippen LogP contribution is -2.30. The maximum absolute atomic E-state index is 12.3. The number of carbonyl (C=O) groups excluding carboxylic acids is 2. The first-order valence-electron chi connectivity index (χ1n) is 9.88. The first-order chi connectivity index (χ1) is 15.6. The predicted molar refractivity (Wildman–Crippen MR) is 116 cm³/mol. The number of rotatable bonds is 10. The lowest BCUT2D eigenvalue weighted by Gasteiger charge is -2.10. The molecule has 32 heavy (non-hydrogen) atoms. The molecule has 0 fully saturated rings. The third-order valence-corrected chi connectivity index (χ3v) is 4.39. The smallest absolute Gasteiger partial charge is 0.359 e. The Hall–Kier alpha value is -4.14. The van der Waals surface area contributed by atoms with E-state index in [1.165, 1.54) is 12.1 Å². The molecule has 0 radical (unpaired) electrons. The van der Waals surface area contributed by atoms with Gasteiger partial charge in [-0.15, -0.1) is 0 Å². The van der Waals surface area contributed by atoms with E-state index in [0.29, 0.717) is 11.5 Å². The molecular formula is C23H23N3O6. The van der Waals surface area contributed by atoms with Crippen LogP contribution in [-0.4, -0.2) is 42.0 Å². The maximum atomic E-state index is 12.3. The van der Waals surface area contributed by atoms with Crippen molar-refractivity contribution in [3.05, 3.63) is 88.3 Å². The lowest BCUT2D eigenvalue weighted by molar-refractivity contribution is -0.124. The van der Waals surface area contributed by atoms with Crippen molar-refractivity contribution in [1.82, 2.24) is 15.1 Å². The van der Waals surface area contributed by atoms with Gasteiger partial charge in [-0.25, -0.2) is 9.48 Å². The molecule has 166 valence electrons. The van der Waals surface area contributed by atoms with Crippen LogP contribution >= 0.6 is 0 Å². The standard InChI is InChI=1S/C23H23N3O6/c1-30-20-10-6-5-7-17(20)15-24-21(27)16-32-23(29)19-11-12-22(28)26(25-19)13-14-31-18-8-3-2-4-9-18/h2-12H,13-16H2,1H3,(H,24,27). The number of nitrogens with zero attached hydrogens (tertiary/aromatic N) is 2. The van der Waals surface area contributed by atoms with Crippen molar-refractivity contribution in [1.29, 1.82) is 0 Å². The molecule has 3 aromatic rings. The maximum Gasteiger partial charge on any atom is 0.359 e. The molecule has 1 amide bonds. The van der Waals surface area contributed by atoms with Crippen LogP contribution in [0, 0.1) is 0 Å². The molecule has 0 aliphatic rings. The molecule has 0 aliphatic heterocycles. The van der Waals surface area contributed by atoms with Crippen LogP contribution in [-0.2, 0) is 22.6 Å². The number of methoxy groups -OCH3 is 1. The van der Waals surface area contributed by atoms with Crippen LogP contribution in [0.15, 0.2) is 71.5 Å². The Bertz CT molecular complexity index is 1110. The third kappa shape index (κ3) is 6.43. The molecule has 0 saturated carbocycles. The van der Waals surface area contributed by atoms with E-state index in [9.17, 15) is 14.4 Å². The summed E-state index contributed by atoms with van der Waals surface area (Å²) in [6, 6.07) is 18.9. The van der Waals surface area contributed by atoms with E-state index in [2.05, 4.69) is 10.4 Å². The summed E-state index contributed by atoms with van der Waals surface area (Å²) >= 11 is 0. The number of benzene rings is 2. The number of nitrogens with one attached hydrogen (secondary N) is 1. The molecule has 3 rings (SSSR count). The quantitative estimate of drug-likeness (QED) is 0.482. The first-order valence-corrected chi connectivity index (χ1v) is 9.88. The molecule has 9 heteroatoms. The van der Waals surface area contributed by atoms with Crippen molar-refractivity contribution in [2.24, 2.45) is 0 Å². The zero-order valence-corrected chi connectivity index (χ0v) is 17.5. The SMILES string of the molecule is COc1ccccc1CNC(=O)COC(=O)c1ccc(=O)n(CCOc2ccccc2)n1. The highest BCUT2D eigenvalue weighted by atomic mass is 16.5. The van der Waals surface area contributed by atoms with E-state index in [-0.39, 0.29) is 30.9 Å². The summed E-state index contributed by atoms with van der Waals surface area (Å²) in [5.74, 6) is 0.0201. The van der Waals surface area contributed by atoms with Gasteiger partial charge in [-0.05, 0) is 24.3 Å². The number of hydrogen-bond donors (Lipinski definition) is 1. The zero-order valence-electron chi connectivity index (χ0n) is 17.5. The average molecular weight is 437 g/mol. The highest BCUT2D eigenvalue weighted by Gasteiger charge is 2.14. The van der Waals surface area contributed by atoms with Crippen LogP contribution < -0.4 is 20.3 Å². The molecule has 0 aliphatic carbocycles. The molecular weight excluding hydrogens is 414 g/mol. The fraction of sp³-hybridized carbons (Fsp3) is 0.217. The highest BCUT2D eigenvalue weighted by molar-refractivity contribution is 5.89. The Morgan fingerprint density at radius 3 is 2.53 bits per heavy atom. The summed E-state index contributed by atoms with van der Waals surface area (Å²) in [5, 5.41) is 6.66. The molecule has 2 aromatic carbocycles. The molecule has 1 aromatic heterocycles. The normalized spacial score (nSPS) is 10.3. The van der Waals surface area contributed by atoms with E-state index in [0.717, 1.165) is 10.2 Å². The van der Waals surface area contributed by atoms with Gasteiger partial charge in [0.05, 0.1) is 13.7 Å². The van der Waals surface area contributed by atoms with Crippen LogP contribution in [0.25, 0.3) is 0 Å². The third-order valence-electron chi connectivity index (χ3n) is 4.39. The van der Waals surface area contributed by atoms with Crippen molar-refractivity contribution >= 4 is 11.9 Å². The summed E-state index contributed by atoms with van der Waals surface area (Å²) in [6.07, 6.45) is 0. The second-order valence-corrected chi connectivity index (χ2v) is 6.61. The van der Waals surface area contributed by atoms with Crippen molar-refractivity contribution < 1.29 is 23.8 Å². The molecule has 1 heterocycles. The highest BCUT2D eigenvalue weighted by Crippen LogP contribution is 2.16. The van der Waals surface area contributed by atoms with Gasteiger partial charge >= 0.3 is 5.97 Å². The Labute approximate surface area is 184 Å². The van der Waals surface area contributed by atoms with E-state index in [1.807, 2.05) is 36.4 Å². The van der Waals surface area contributed by atoms with Crippen molar-refractivity contribution in [2.45, 2.75) is 13.1 Å². The fourth-order valence-electron chi connectivity index (χ4n) is 2.78. The first kappa shape index (κ1) is 22.5. The number of hydrogen-bond acceptors (Lipinski definition) is 7. The number of aromatic nitrogens is 2. The largest absolute Gasteiger partial charge is 0.496 e. The van der Waals surface area contributed by atoms with Gasteiger partial charge in [-0.2, -0.15) is 5.10 Å². The number of esters is 1. The van der Waals surface area contributed by atoms with Gasteiger partial charge < -0.3 is 19.5 Å². The Kier molecular flexibility index (Phi) is 7.96. The summed E-state index contributed by atoms with van der Waals surface area (Å²) in [7, 11) is 1.54. The van der Waals surface area contributed by atoms with Crippen LogP contribution in [0.1, 0.15) is 16.1 Å². The molecule has 0 bridgehead atoms. The van der Waals surface area contributed by atoms with E-state index in [4.69, 9.17) is 14.2 Å². The second-order valence-electron chi connectivity index (χ2n) is 6.61. The summed E-state index contributed by atoms with van der Waals surface area (Å²) in [5.41, 5.74) is 0.329. The molecule has 0 saturated heterocycles. The van der Waals surface area contributed by atoms with E-state index in [1.54, 1.807) is 25.3 Å². The van der Waals surface area contributed by atoms with Crippen molar-refractivity contribution in [3.8, 4) is 11.5 Å². The van der Waals surface area contributed by atoms with Crippen molar-refractivity contribution in [3.63, 3.8) is 0 Å². The summed E-state index contributed by atoms with van der Waals surface area (Å²) in [6.45, 7) is 0.0892. The van der Waals surface area contributed by atoms with Crippen LogP contribution in [0.4, 0.5) is 0 Å². The average Bonchev–Trinajstić information content (AvgIpc) is 2.83. The van der Waals surface area contributed by atoms with Crippen molar-refractivity contribution in [2.75, 3.05) is 20.3 Å². The molecule has 0 spiro atoms. The van der Waals surface area contributed by atoms with Gasteiger partial charge in [0.2, 0.25) is 0 Å². The zero-order chi connectivity index (χ0) is 22.8. The molecule has 0 atom stereocenters. The van der Waals surface area contributed by atoms with Gasteiger partial charge in [0.15, 0.2) is 12.3 Å². The van der Waals surface area contributed by atoms with Crippen LogP contribution in [0.3, 0.4) is 0 Å². The van der Waals surface area contributed by atoms with Crippen LogP contribution in [0.2, 0.25) is 0 Å². The minimum absolute atomic E-state index is 0.0816.